The van der Waals surface area contributed by atoms with Gasteiger partial charge in [-0.25, -0.2) is 4.79 Å². The molecule has 1 amide bonds. The molecule has 35 heavy (non-hydrogen) atoms. The summed E-state index contributed by atoms with van der Waals surface area (Å²) in [6.07, 6.45) is 4.37. The Morgan fingerprint density at radius 1 is 1.09 bits per heavy atom. The number of anilines is 2. The zero-order chi connectivity index (χ0) is 24.7. The molecule has 9 nitrogen and oxygen atoms in total. The molecule has 5 rings (SSSR count). The van der Waals surface area contributed by atoms with Gasteiger partial charge in [-0.05, 0) is 92.6 Å². The van der Waals surface area contributed by atoms with Gasteiger partial charge in [0.15, 0.2) is 11.5 Å². The van der Waals surface area contributed by atoms with E-state index in [2.05, 4.69) is 21.7 Å². The third-order valence-electron chi connectivity index (χ3n) is 6.19. The molecule has 9 heteroatoms. The third kappa shape index (κ3) is 4.16. The molecule has 2 heterocycles. The van der Waals surface area contributed by atoms with Crippen LogP contribution in [0.15, 0.2) is 57.1 Å². The first-order valence-corrected chi connectivity index (χ1v) is 11.3. The highest BCUT2D eigenvalue weighted by Crippen LogP contribution is 2.38. The van der Waals surface area contributed by atoms with Crippen molar-refractivity contribution in [2.24, 2.45) is 10.2 Å². The molecular formula is C26H24N4O5. The number of nitrogens with zero attached hydrogens (tertiary/aromatic N) is 3. The molecule has 3 aromatic rings. The minimum absolute atomic E-state index is 0.135. The maximum atomic E-state index is 13.1. The summed E-state index contributed by atoms with van der Waals surface area (Å²) in [5, 5.41) is 29.9. The molecule has 0 saturated heterocycles. The van der Waals surface area contributed by atoms with Crippen molar-refractivity contribution in [1.82, 2.24) is 0 Å². The molecule has 1 aromatic heterocycles. The van der Waals surface area contributed by atoms with Crippen molar-refractivity contribution in [2.75, 3.05) is 10.4 Å². The van der Waals surface area contributed by atoms with Crippen molar-refractivity contribution in [3.8, 4) is 17.1 Å². The van der Waals surface area contributed by atoms with Gasteiger partial charge >= 0.3 is 11.9 Å². The molecule has 0 fully saturated rings. The van der Waals surface area contributed by atoms with Gasteiger partial charge in [0.1, 0.15) is 5.76 Å². The van der Waals surface area contributed by atoms with Crippen molar-refractivity contribution < 1.29 is 24.2 Å². The minimum Gasteiger partial charge on any atom is -0.505 e. The first-order chi connectivity index (χ1) is 16.8. The Bertz CT molecular complexity index is 1420. The maximum Gasteiger partial charge on any atom is 0.371 e. The van der Waals surface area contributed by atoms with Gasteiger partial charge in [-0.2, -0.15) is 15.2 Å². The Morgan fingerprint density at radius 2 is 1.86 bits per heavy atom. The quantitative estimate of drug-likeness (QED) is 0.364. The number of hydrogen-bond acceptors (Lipinski definition) is 7. The molecule has 178 valence electrons. The number of carboxylic acid groups (broad SMARTS) is 1. The van der Waals surface area contributed by atoms with Crippen LogP contribution >= 0.6 is 0 Å². The molecule has 2 aliphatic rings. The molecule has 0 saturated carbocycles. The normalized spacial score (nSPS) is 16.4. The van der Waals surface area contributed by atoms with Gasteiger partial charge in [-0.1, -0.05) is 6.07 Å². The molecule has 0 spiro atoms. The van der Waals surface area contributed by atoms with Crippen LogP contribution in [-0.2, 0) is 17.6 Å². The van der Waals surface area contributed by atoms with Crippen LogP contribution in [0.3, 0.4) is 0 Å². The van der Waals surface area contributed by atoms with Gasteiger partial charge < -0.3 is 14.6 Å². The highest BCUT2D eigenvalue weighted by Gasteiger charge is 2.31. The van der Waals surface area contributed by atoms with E-state index in [0.717, 1.165) is 24.8 Å². The molecule has 2 aromatic carbocycles. The number of benzene rings is 2. The SMILES string of the molecule is CC1=NN(c2ccc3c(c2)CCCC3)C(=O)C1=NNc1cc(C)cc(-c2ccc(C(=O)O)o2)c1O. The number of amides is 1. The van der Waals surface area contributed by atoms with Gasteiger partial charge in [0.25, 0.3) is 0 Å². The Balaban J connectivity index is 1.41. The second kappa shape index (κ2) is 8.75. The van der Waals surface area contributed by atoms with Crippen molar-refractivity contribution in [3.05, 3.63) is 64.9 Å². The van der Waals surface area contributed by atoms with Gasteiger partial charge in [0.2, 0.25) is 5.76 Å². The van der Waals surface area contributed by atoms with Crippen LogP contribution < -0.4 is 10.4 Å². The van der Waals surface area contributed by atoms with Crippen LogP contribution in [-0.4, -0.2) is 33.5 Å². The number of aromatic hydroxyl groups is 1. The van der Waals surface area contributed by atoms with E-state index in [4.69, 9.17) is 9.52 Å². The lowest BCUT2D eigenvalue weighted by molar-refractivity contribution is -0.112. The predicted molar refractivity (Wildman–Crippen MR) is 132 cm³/mol. The molecule has 1 aliphatic heterocycles. The van der Waals surface area contributed by atoms with E-state index < -0.39 is 5.97 Å². The molecule has 1 aliphatic carbocycles. The first kappa shape index (κ1) is 22.4. The van der Waals surface area contributed by atoms with Crippen LogP contribution in [0.5, 0.6) is 5.75 Å². The molecule has 0 radical (unpaired) electrons. The number of carbonyl (C=O) groups is 2. The van der Waals surface area contributed by atoms with Gasteiger partial charge in [-0.15, -0.1) is 0 Å². The Morgan fingerprint density at radius 3 is 2.60 bits per heavy atom. The molecular weight excluding hydrogens is 448 g/mol. The summed E-state index contributed by atoms with van der Waals surface area (Å²) < 4.78 is 5.33. The number of carbonyl (C=O) groups excluding carboxylic acids is 1. The van der Waals surface area contributed by atoms with Gasteiger partial charge in [0, 0.05) is 0 Å². The van der Waals surface area contributed by atoms with E-state index in [-0.39, 0.29) is 34.6 Å². The number of aromatic carboxylic acids is 1. The summed E-state index contributed by atoms with van der Waals surface area (Å²) in [6.45, 7) is 3.52. The highest BCUT2D eigenvalue weighted by molar-refractivity contribution is 6.71. The van der Waals surface area contributed by atoms with Crippen molar-refractivity contribution in [3.63, 3.8) is 0 Å². The number of phenols is 1. The number of fused-ring (bicyclic) bond motifs is 1. The van der Waals surface area contributed by atoms with Gasteiger partial charge in [-0.3, -0.25) is 10.2 Å². The Labute approximate surface area is 201 Å². The van der Waals surface area contributed by atoms with Crippen molar-refractivity contribution in [2.45, 2.75) is 39.5 Å². The van der Waals surface area contributed by atoms with E-state index in [0.29, 0.717) is 17.0 Å². The second-order valence-corrected chi connectivity index (χ2v) is 8.71. The zero-order valence-electron chi connectivity index (χ0n) is 19.3. The summed E-state index contributed by atoms with van der Waals surface area (Å²) in [4.78, 5) is 24.3. The zero-order valence-corrected chi connectivity index (χ0v) is 19.3. The number of furan rings is 1. The number of aryl methyl sites for hydroxylation is 3. The van der Waals surface area contributed by atoms with E-state index in [1.165, 1.54) is 34.7 Å². The Hall–Kier alpha value is -4.40. The van der Waals surface area contributed by atoms with Crippen LogP contribution in [0.2, 0.25) is 0 Å². The lowest BCUT2D eigenvalue weighted by atomic mass is 9.91. The summed E-state index contributed by atoms with van der Waals surface area (Å²) in [6, 6.07) is 12.1. The lowest BCUT2D eigenvalue weighted by Crippen LogP contribution is -2.28. The third-order valence-corrected chi connectivity index (χ3v) is 6.19. The highest BCUT2D eigenvalue weighted by atomic mass is 16.4. The second-order valence-electron chi connectivity index (χ2n) is 8.71. The number of carboxylic acids is 1. The summed E-state index contributed by atoms with van der Waals surface area (Å²) in [5.74, 6) is -1.78. The maximum absolute atomic E-state index is 13.1. The molecule has 0 atom stereocenters. The van der Waals surface area contributed by atoms with Crippen molar-refractivity contribution in [1.29, 1.82) is 0 Å². The summed E-state index contributed by atoms with van der Waals surface area (Å²) >= 11 is 0. The predicted octanol–water partition coefficient (Wildman–Crippen LogP) is 4.73. The van der Waals surface area contributed by atoms with E-state index in [1.54, 1.807) is 19.1 Å². The standard InChI is InChI=1S/C26H24N4O5/c1-14-11-19(21-9-10-22(35-21)26(33)34)24(31)20(12-14)27-28-23-15(2)29-30(25(23)32)18-8-7-16-5-3-4-6-17(16)13-18/h7-13,27,31H,3-6H2,1-2H3,(H,33,34). The average Bonchev–Trinajstić information content (AvgIpc) is 3.44. The molecule has 3 N–H and O–H groups in total. The largest absolute Gasteiger partial charge is 0.505 e. The smallest absolute Gasteiger partial charge is 0.371 e. The monoisotopic (exact) mass is 472 g/mol. The fourth-order valence-corrected chi connectivity index (χ4v) is 4.42. The van der Waals surface area contributed by atoms with Crippen LogP contribution in [0.1, 0.15) is 47.0 Å². The summed E-state index contributed by atoms with van der Waals surface area (Å²) in [7, 11) is 0. The number of rotatable bonds is 5. The van der Waals surface area contributed by atoms with Crippen molar-refractivity contribution >= 4 is 34.7 Å². The molecule has 0 unspecified atom stereocenters. The van der Waals surface area contributed by atoms with Crippen LogP contribution in [0.25, 0.3) is 11.3 Å². The summed E-state index contributed by atoms with van der Waals surface area (Å²) in [5.41, 5.74) is 7.94. The minimum atomic E-state index is -1.20. The Kier molecular flexibility index (Phi) is 5.60. The number of phenolic OH excluding ortho intramolecular Hbond substituents is 1. The van der Waals surface area contributed by atoms with Crippen LogP contribution in [0, 0.1) is 6.92 Å². The van der Waals surface area contributed by atoms with Crippen LogP contribution in [0.4, 0.5) is 11.4 Å². The molecule has 0 bridgehead atoms. The number of hydrogen-bond donors (Lipinski definition) is 3. The average molecular weight is 473 g/mol. The first-order valence-electron chi connectivity index (χ1n) is 11.3. The number of hydrazone groups is 2. The topological polar surface area (TPSA) is 128 Å². The fraction of sp³-hybridized carbons (Fsp3) is 0.231. The lowest BCUT2D eigenvalue weighted by Gasteiger charge is -2.19. The van der Waals surface area contributed by atoms with E-state index >= 15 is 0 Å². The number of nitrogens with one attached hydrogen (secondary N) is 1. The van der Waals surface area contributed by atoms with Gasteiger partial charge in [0.05, 0.1) is 22.6 Å². The van der Waals surface area contributed by atoms with E-state index in [1.807, 2.05) is 19.1 Å². The fourth-order valence-electron chi connectivity index (χ4n) is 4.42. The van der Waals surface area contributed by atoms with E-state index in [9.17, 15) is 14.7 Å².